The second kappa shape index (κ2) is 4.88. The quantitative estimate of drug-likeness (QED) is 0.843. The van der Waals surface area contributed by atoms with Gasteiger partial charge in [-0.2, -0.15) is 0 Å². The number of nitrogens with one attached hydrogen (secondary N) is 1. The van der Waals surface area contributed by atoms with E-state index in [1.807, 2.05) is 7.05 Å². The lowest BCUT2D eigenvalue weighted by Crippen LogP contribution is -2.27. The van der Waals surface area contributed by atoms with Crippen molar-refractivity contribution in [2.45, 2.75) is 25.7 Å². The van der Waals surface area contributed by atoms with E-state index in [1.54, 1.807) is 7.11 Å². The first-order valence-electron chi connectivity index (χ1n) is 6.08. The predicted octanol–water partition coefficient (Wildman–Crippen LogP) is 2.58. The Morgan fingerprint density at radius 3 is 2.94 bits per heavy atom. The third-order valence-corrected chi connectivity index (χ3v) is 3.75. The third kappa shape index (κ3) is 1.94. The zero-order valence-corrected chi connectivity index (χ0v) is 10.4. The number of rotatable bonds is 3. The van der Waals surface area contributed by atoms with Gasteiger partial charge in [0.15, 0.2) is 0 Å². The summed E-state index contributed by atoms with van der Waals surface area (Å²) in [7, 11) is 3.79. The summed E-state index contributed by atoms with van der Waals surface area (Å²) in [6, 6.07) is 6.44. The van der Waals surface area contributed by atoms with E-state index in [-0.39, 0.29) is 0 Å². The molecule has 1 aliphatic carbocycles. The van der Waals surface area contributed by atoms with Gasteiger partial charge in [0.05, 0.1) is 7.11 Å². The molecule has 2 unspecified atom stereocenters. The fraction of sp³-hybridized carbons (Fsp3) is 0.571. The topological polar surface area (TPSA) is 21.3 Å². The number of hydrogen-bond donors (Lipinski definition) is 1. The predicted molar refractivity (Wildman–Crippen MR) is 67.1 cm³/mol. The molecule has 1 aliphatic rings. The summed E-state index contributed by atoms with van der Waals surface area (Å²) in [5.41, 5.74) is 2.90. The fourth-order valence-electron chi connectivity index (χ4n) is 2.80. The molecule has 0 saturated carbocycles. The fourth-order valence-corrected chi connectivity index (χ4v) is 2.80. The highest BCUT2D eigenvalue weighted by atomic mass is 16.5. The monoisotopic (exact) mass is 219 g/mol. The van der Waals surface area contributed by atoms with Gasteiger partial charge < -0.3 is 10.1 Å². The molecule has 2 rings (SSSR count). The van der Waals surface area contributed by atoms with Gasteiger partial charge in [-0.1, -0.05) is 19.1 Å². The highest BCUT2D eigenvalue weighted by Crippen LogP contribution is 2.39. The van der Waals surface area contributed by atoms with E-state index in [4.69, 9.17) is 4.74 Å². The molecule has 2 heteroatoms. The summed E-state index contributed by atoms with van der Waals surface area (Å²) in [5, 5.41) is 3.31. The Labute approximate surface area is 98.0 Å². The number of benzene rings is 1. The molecule has 16 heavy (non-hydrogen) atoms. The zero-order valence-electron chi connectivity index (χ0n) is 10.4. The van der Waals surface area contributed by atoms with Crippen LogP contribution in [0.1, 0.15) is 30.4 Å². The van der Waals surface area contributed by atoms with E-state index in [0.29, 0.717) is 5.92 Å². The Bertz CT molecular complexity index is 362. The minimum Gasteiger partial charge on any atom is -0.496 e. The van der Waals surface area contributed by atoms with Gasteiger partial charge >= 0.3 is 0 Å². The summed E-state index contributed by atoms with van der Waals surface area (Å²) in [4.78, 5) is 0. The van der Waals surface area contributed by atoms with Crippen LogP contribution >= 0.6 is 0 Å². The zero-order chi connectivity index (χ0) is 11.5. The van der Waals surface area contributed by atoms with E-state index in [2.05, 4.69) is 30.4 Å². The lowest BCUT2D eigenvalue weighted by molar-refractivity contribution is 0.369. The first-order chi connectivity index (χ1) is 7.77. The smallest absolute Gasteiger partial charge is 0.122 e. The molecule has 0 amide bonds. The standard InChI is InChI=1S/C14H21NO/c1-10-7-8-12-11(13(10)9-15-2)5-4-6-14(12)16-3/h4-6,10,13,15H,7-9H2,1-3H3. The van der Waals surface area contributed by atoms with Crippen molar-refractivity contribution in [3.8, 4) is 5.75 Å². The van der Waals surface area contributed by atoms with Crippen LogP contribution in [0.5, 0.6) is 5.75 Å². The van der Waals surface area contributed by atoms with E-state index in [9.17, 15) is 0 Å². The van der Waals surface area contributed by atoms with Crippen LogP contribution in [0.15, 0.2) is 18.2 Å². The van der Waals surface area contributed by atoms with Crippen molar-refractivity contribution in [1.29, 1.82) is 0 Å². The minimum absolute atomic E-state index is 0.629. The molecule has 2 nitrogen and oxygen atoms in total. The van der Waals surface area contributed by atoms with Crippen LogP contribution in [0.2, 0.25) is 0 Å². The van der Waals surface area contributed by atoms with E-state index < -0.39 is 0 Å². The van der Waals surface area contributed by atoms with Gasteiger partial charge in [-0.05, 0) is 48.9 Å². The molecule has 2 atom stereocenters. The van der Waals surface area contributed by atoms with Crippen molar-refractivity contribution in [2.75, 3.05) is 20.7 Å². The largest absolute Gasteiger partial charge is 0.496 e. The lowest BCUT2D eigenvalue weighted by atomic mass is 9.75. The summed E-state index contributed by atoms with van der Waals surface area (Å²) in [6.07, 6.45) is 2.42. The number of fused-ring (bicyclic) bond motifs is 1. The number of likely N-dealkylation sites (N-methyl/N-ethyl adjacent to an activating group) is 1. The van der Waals surface area contributed by atoms with E-state index in [1.165, 1.54) is 17.5 Å². The molecule has 0 bridgehead atoms. The maximum absolute atomic E-state index is 5.45. The third-order valence-electron chi connectivity index (χ3n) is 3.75. The summed E-state index contributed by atoms with van der Waals surface area (Å²) < 4.78 is 5.45. The molecule has 0 aliphatic heterocycles. The Kier molecular flexibility index (Phi) is 3.49. The summed E-state index contributed by atoms with van der Waals surface area (Å²) in [6.45, 7) is 3.41. The van der Waals surface area contributed by atoms with Gasteiger partial charge in [-0.25, -0.2) is 0 Å². The normalized spacial score (nSPS) is 23.9. The van der Waals surface area contributed by atoms with Gasteiger partial charge in [-0.15, -0.1) is 0 Å². The van der Waals surface area contributed by atoms with Crippen LogP contribution in [-0.2, 0) is 6.42 Å². The highest BCUT2D eigenvalue weighted by Gasteiger charge is 2.27. The van der Waals surface area contributed by atoms with Crippen molar-refractivity contribution in [3.63, 3.8) is 0 Å². The minimum atomic E-state index is 0.629. The first kappa shape index (κ1) is 11.5. The molecule has 0 aromatic heterocycles. The number of hydrogen-bond acceptors (Lipinski definition) is 2. The molecule has 0 spiro atoms. The summed E-state index contributed by atoms with van der Waals surface area (Å²) in [5.74, 6) is 2.45. The number of ether oxygens (including phenoxy) is 1. The Morgan fingerprint density at radius 2 is 2.25 bits per heavy atom. The average Bonchev–Trinajstić information content (AvgIpc) is 2.32. The van der Waals surface area contributed by atoms with Crippen molar-refractivity contribution >= 4 is 0 Å². The molecule has 1 aromatic rings. The molecule has 0 saturated heterocycles. The molecule has 1 N–H and O–H groups in total. The Balaban J connectivity index is 2.39. The molecule has 88 valence electrons. The van der Waals surface area contributed by atoms with Crippen molar-refractivity contribution in [3.05, 3.63) is 29.3 Å². The SMILES string of the molecule is CNCC1c2cccc(OC)c2CCC1C. The molecule has 0 heterocycles. The van der Waals surface area contributed by atoms with Crippen molar-refractivity contribution in [2.24, 2.45) is 5.92 Å². The van der Waals surface area contributed by atoms with E-state index in [0.717, 1.165) is 24.6 Å². The van der Waals surface area contributed by atoms with Crippen molar-refractivity contribution in [1.82, 2.24) is 5.32 Å². The van der Waals surface area contributed by atoms with Gasteiger partial charge in [-0.3, -0.25) is 0 Å². The van der Waals surface area contributed by atoms with Crippen LogP contribution in [0.25, 0.3) is 0 Å². The van der Waals surface area contributed by atoms with Gasteiger partial charge in [0.1, 0.15) is 5.75 Å². The molecule has 0 fully saturated rings. The lowest BCUT2D eigenvalue weighted by Gasteiger charge is -2.32. The van der Waals surface area contributed by atoms with Gasteiger partial charge in [0.25, 0.3) is 0 Å². The maximum Gasteiger partial charge on any atom is 0.122 e. The Hall–Kier alpha value is -1.02. The van der Waals surface area contributed by atoms with Crippen molar-refractivity contribution < 1.29 is 4.74 Å². The molecule has 0 radical (unpaired) electrons. The average molecular weight is 219 g/mol. The maximum atomic E-state index is 5.45. The van der Waals surface area contributed by atoms with Crippen LogP contribution < -0.4 is 10.1 Å². The number of methoxy groups -OCH3 is 1. The second-order valence-corrected chi connectivity index (χ2v) is 4.71. The summed E-state index contributed by atoms with van der Waals surface area (Å²) >= 11 is 0. The van der Waals surface area contributed by atoms with Crippen LogP contribution in [0, 0.1) is 5.92 Å². The van der Waals surface area contributed by atoms with Gasteiger partial charge in [0.2, 0.25) is 0 Å². The molecular weight excluding hydrogens is 198 g/mol. The highest BCUT2D eigenvalue weighted by molar-refractivity contribution is 5.44. The van der Waals surface area contributed by atoms with Crippen LogP contribution in [0.3, 0.4) is 0 Å². The van der Waals surface area contributed by atoms with E-state index >= 15 is 0 Å². The molecule has 1 aromatic carbocycles. The van der Waals surface area contributed by atoms with Crippen LogP contribution in [-0.4, -0.2) is 20.7 Å². The van der Waals surface area contributed by atoms with Gasteiger partial charge in [0, 0.05) is 6.54 Å². The molecular formula is C14H21NO. The first-order valence-corrected chi connectivity index (χ1v) is 6.08. The van der Waals surface area contributed by atoms with Crippen LogP contribution in [0.4, 0.5) is 0 Å². The second-order valence-electron chi connectivity index (χ2n) is 4.71. The Morgan fingerprint density at radius 1 is 1.44 bits per heavy atom.